The molecule has 2 N–H and O–H groups in total. The molecule has 0 aliphatic heterocycles. The lowest BCUT2D eigenvalue weighted by atomic mass is 10.0. The number of hydrogen-bond donors (Lipinski definition) is 1. The summed E-state index contributed by atoms with van der Waals surface area (Å²) in [4.78, 5) is 2.47. The van der Waals surface area contributed by atoms with Gasteiger partial charge in [0.2, 0.25) is 0 Å². The number of benzene rings is 1. The summed E-state index contributed by atoms with van der Waals surface area (Å²) in [6.07, 6.45) is 5.37. The molecular formula is C17H25FN2. The first kappa shape index (κ1) is 13.9. The van der Waals surface area contributed by atoms with Crippen LogP contribution in [-0.4, -0.2) is 13.1 Å². The smallest absolute Gasteiger partial charge is 0.126 e. The summed E-state index contributed by atoms with van der Waals surface area (Å²) in [6, 6.07) is 3.52. The van der Waals surface area contributed by atoms with Crippen molar-refractivity contribution < 1.29 is 4.39 Å². The molecule has 1 aromatic carbocycles. The molecule has 1 atom stereocenters. The second kappa shape index (κ2) is 5.36. The van der Waals surface area contributed by atoms with Gasteiger partial charge in [0.1, 0.15) is 5.82 Å². The first-order valence-electron chi connectivity index (χ1n) is 7.85. The van der Waals surface area contributed by atoms with E-state index in [-0.39, 0.29) is 11.9 Å². The standard InChI is InChI=1S/C17H25FN2/c1-11-7-17(15(12(2)19)8-16(11)18)20(9-13-3-4-13)10-14-5-6-14/h7-8,12-14H,3-6,9-10,19H2,1-2H3. The van der Waals surface area contributed by atoms with Crippen molar-refractivity contribution in [3.63, 3.8) is 0 Å². The van der Waals surface area contributed by atoms with E-state index in [4.69, 9.17) is 5.73 Å². The normalized spacial score (nSPS) is 20.0. The molecule has 0 amide bonds. The number of nitrogens with zero attached hydrogens (tertiary/aromatic N) is 1. The first-order valence-corrected chi connectivity index (χ1v) is 7.85. The minimum absolute atomic E-state index is 0.124. The van der Waals surface area contributed by atoms with E-state index in [0.717, 1.165) is 41.7 Å². The Balaban J connectivity index is 1.91. The lowest BCUT2D eigenvalue weighted by Crippen LogP contribution is -2.30. The quantitative estimate of drug-likeness (QED) is 0.856. The van der Waals surface area contributed by atoms with Gasteiger partial charge in [-0.3, -0.25) is 0 Å². The Bertz CT molecular complexity index is 476. The summed E-state index contributed by atoms with van der Waals surface area (Å²) in [6.45, 7) is 6.01. The van der Waals surface area contributed by atoms with Crippen LogP contribution in [-0.2, 0) is 0 Å². The van der Waals surface area contributed by atoms with Crippen LogP contribution in [0.2, 0.25) is 0 Å². The SMILES string of the molecule is Cc1cc(N(CC2CC2)CC2CC2)c(C(C)N)cc1F. The molecule has 1 aromatic rings. The molecule has 2 nitrogen and oxygen atoms in total. The highest BCUT2D eigenvalue weighted by molar-refractivity contribution is 5.57. The zero-order chi connectivity index (χ0) is 14.3. The monoisotopic (exact) mass is 276 g/mol. The van der Waals surface area contributed by atoms with E-state index in [9.17, 15) is 4.39 Å². The summed E-state index contributed by atoms with van der Waals surface area (Å²) >= 11 is 0. The van der Waals surface area contributed by atoms with Crippen LogP contribution in [0, 0.1) is 24.6 Å². The molecule has 0 bridgehead atoms. The lowest BCUT2D eigenvalue weighted by molar-refractivity contribution is 0.609. The van der Waals surface area contributed by atoms with E-state index < -0.39 is 0 Å². The molecule has 0 spiro atoms. The van der Waals surface area contributed by atoms with Gasteiger partial charge in [-0.05, 0) is 74.6 Å². The zero-order valence-electron chi connectivity index (χ0n) is 12.5. The van der Waals surface area contributed by atoms with Gasteiger partial charge in [0.05, 0.1) is 0 Å². The Morgan fingerprint density at radius 1 is 1.20 bits per heavy atom. The third-order valence-electron chi connectivity index (χ3n) is 4.49. The lowest BCUT2D eigenvalue weighted by Gasteiger charge is -2.29. The van der Waals surface area contributed by atoms with E-state index in [1.807, 2.05) is 19.9 Å². The van der Waals surface area contributed by atoms with Gasteiger partial charge in [-0.15, -0.1) is 0 Å². The van der Waals surface area contributed by atoms with E-state index in [1.165, 1.54) is 25.7 Å². The van der Waals surface area contributed by atoms with E-state index in [1.54, 1.807) is 6.07 Å². The summed E-state index contributed by atoms with van der Waals surface area (Å²) in [7, 11) is 0. The highest BCUT2D eigenvalue weighted by Gasteiger charge is 2.30. The summed E-state index contributed by atoms with van der Waals surface area (Å²) < 4.78 is 13.9. The largest absolute Gasteiger partial charge is 0.371 e. The van der Waals surface area contributed by atoms with E-state index >= 15 is 0 Å². The van der Waals surface area contributed by atoms with Gasteiger partial charge in [-0.2, -0.15) is 0 Å². The van der Waals surface area contributed by atoms with Crippen LogP contribution in [0.1, 0.15) is 49.8 Å². The molecule has 3 rings (SSSR count). The van der Waals surface area contributed by atoms with Crippen LogP contribution in [0.4, 0.5) is 10.1 Å². The minimum Gasteiger partial charge on any atom is -0.371 e. The number of anilines is 1. The average Bonchev–Trinajstić information content (AvgIpc) is 3.26. The van der Waals surface area contributed by atoms with Crippen LogP contribution < -0.4 is 10.6 Å². The molecule has 2 fully saturated rings. The van der Waals surface area contributed by atoms with Gasteiger partial charge in [0, 0.05) is 24.8 Å². The van der Waals surface area contributed by atoms with Crippen molar-refractivity contribution in [2.24, 2.45) is 17.6 Å². The molecule has 0 radical (unpaired) electrons. The average molecular weight is 276 g/mol. The summed E-state index contributed by atoms with van der Waals surface area (Å²) in [5.41, 5.74) is 8.91. The highest BCUT2D eigenvalue weighted by atomic mass is 19.1. The van der Waals surface area contributed by atoms with Gasteiger partial charge in [-0.25, -0.2) is 4.39 Å². The molecule has 2 saturated carbocycles. The van der Waals surface area contributed by atoms with E-state index in [0.29, 0.717) is 0 Å². The van der Waals surface area contributed by atoms with Crippen molar-refractivity contribution in [3.8, 4) is 0 Å². The molecule has 0 saturated heterocycles. The topological polar surface area (TPSA) is 29.3 Å². The van der Waals surface area contributed by atoms with Gasteiger partial charge in [0.25, 0.3) is 0 Å². The Kier molecular flexibility index (Phi) is 3.72. The zero-order valence-corrected chi connectivity index (χ0v) is 12.5. The Hall–Kier alpha value is -1.09. The number of nitrogens with two attached hydrogens (primary N) is 1. The minimum atomic E-state index is -0.140. The first-order chi connectivity index (χ1) is 9.54. The Morgan fingerprint density at radius 2 is 1.75 bits per heavy atom. The second-order valence-corrected chi connectivity index (χ2v) is 6.74. The Morgan fingerprint density at radius 3 is 2.20 bits per heavy atom. The maximum Gasteiger partial charge on any atom is 0.126 e. The maximum atomic E-state index is 13.9. The third kappa shape index (κ3) is 3.14. The van der Waals surface area contributed by atoms with Crippen LogP contribution in [0.15, 0.2) is 12.1 Å². The predicted octanol–water partition coefficient (Wildman–Crippen LogP) is 3.78. The number of aryl methyl sites for hydroxylation is 1. The molecule has 2 aliphatic rings. The fourth-order valence-corrected chi connectivity index (χ4v) is 2.82. The number of rotatable bonds is 6. The van der Waals surface area contributed by atoms with Crippen molar-refractivity contribution in [2.75, 3.05) is 18.0 Å². The number of hydrogen-bond acceptors (Lipinski definition) is 2. The molecule has 1 unspecified atom stereocenters. The third-order valence-corrected chi connectivity index (χ3v) is 4.49. The molecule has 20 heavy (non-hydrogen) atoms. The van der Waals surface area contributed by atoms with Crippen LogP contribution >= 0.6 is 0 Å². The van der Waals surface area contributed by atoms with Crippen molar-refractivity contribution in [1.82, 2.24) is 0 Å². The van der Waals surface area contributed by atoms with E-state index in [2.05, 4.69) is 4.90 Å². The van der Waals surface area contributed by atoms with Crippen molar-refractivity contribution >= 4 is 5.69 Å². The van der Waals surface area contributed by atoms with Gasteiger partial charge < -0.3 is 10.6 Å². The molecular weight excluding hydrogens is 251 g/mol. The van der Waals surface area contributed by atoms with Gasteiger partial charge in [-0.1, -0.05) is 0 Å². The second-order valence-electron chi connectivity index (χ2n) is 6.74. The molecule has 110 valence electrons. The van der Waals surface area contributed by atoms with Crippen molar-refractivity contribution in [1.29, 1.82) is 0 Å². The van der Waals surface area contributed by atoms with Crippen LogP contribution in [0.25, 0.3) is 0 Å². The summed E-state index contributed by atoms with van der Waals surface area (Å²) in [5.74, 6) is 1.53. The molecule has 3 heteroatoms. The van der Waals surface area contributed by atoms with Crippen LogP contribution in [0.3, 0.4) is 0 Å². The van der Waals surface area contributed by atoms with Crippen LogP contribution in [0.5, 0.6) is 0 Å². The fourth-order valence-electron chi connectivity index (χ4n) is 2.82. The van der Waals surface area contributed by atoms with Crippen molar-refractivity contribution in [3.05, 3.63) is 29.1 Å². The maximum absolute atomic E-state index is 13.9. The van der Waals surface area contributed by atoms with Gasteiger partial charge in [0.15, 0.2) is 0 Å². The fraction of sp³-hybridized carbons (Fsp3) is 0.647. The number of halogens is 1. The molecule has 0 heterocycles. The molecule has 2 aliphatic carbocycles. The Labute approximate surface area is 121 Å². The summed E-state index contributed by atoms with van der Waals surface area (Å²) in [5, 5.41) is 0. The highest BCUT2D eigenvalue weighted by Crippen LogP contribution is 2.38. The predicted molar refractivity (Wildman–Crippen MR) is 81.4 cm³/mol. The van der Waals surface area contributed by atoms with Gasteiger partial charge >= 0.3 is 0 Å². The van der Waals surface area contributed by atoms with Crippen molar-refractivity contribution in [2.45, 2.75) is 45.6 Å². The molecule has 0 aromatic heterocycles.